The number of carboxylic acids is 1. The molecule has 0 radical (unpaired) electrons. The molecule has 2 N–H and O–H groups in total. The molecule has 0 bridgehead atoms. The number of fused-ring (bicyclic) bond motifs is 1. The number of sulfonamides is 1. The van der Waals surface area contributed by atoms with Gasteiger partial charge in [-0.3, -0.25) is 19.3 Å². The maximum atomic E-state index is 12.3. The Morgan fingerprint density at radius 2 is 2.12 bits per heavy atom. The van der Waals surface area contributed by atoms with Gasteiger partial charge in [0.15, 0.2) is 0 Å². The highest BCUT2D eigenvalue weighted by molar-refractivity contribution is 7.90. The van der Waals surface area contributed by atoms with Crippen molar-refractivity contribution in [2.75, 3.05) is 13.1 Å². The lowest BCUT2D eigenvalue weighted by Gasteiger charge is -2.17. The summed E-state index contributed by atoms with van der Waals surface area (Å²) in [6, 6.07) is 6.11. The number of carbonyl (C=O) groups excluding carboxylic acids is 1. The Labute approximate surface area is 145 Å². The quantitative estimate of drug-likeness (QED) is 0.803. The van der Waals surface area contributed by atoms with E-state index in [0.29, 0.717) is 18.5 Å². The van der Waals surface area contributed by atoms with Gasteiger partial charge < -0.3 is 10.0 Å². The first-order chi connectivity index (χ1) is 11.8. The van der Waals surface area contributed by atoms with E-state index in [1.54, 1.807) is 25.1 Å². The highest BCUT2D eigenvalue weighted by atomic mass is 32.2. The molecule has 2 unspecified atom stereocenters. The number of aliphatic imine (C=N–C) groups is 1. The third-order valence-electron chi connectivity index (χ3n) is 4.37. The van der Waals surface area contributed by atoms with E-state index < -0.39 is 28.0 Å². The molecule has 1 aromatic rings. The van der Waals surface area contributed by atoms with Gasteiger partial charge in [0, 0.05) is 25.1 Å². The molecule has 2 aliphatic rings. The smallest absolute Gasteiger partial charge is 0.308 e. The molecular formula is C16H19N3O5S. The van der Waals surface area contributed by atoms with Gasteiger partial charge in [-0.05, 0) is 25.5 Å². The molecule has 9 heteroatoms. The van der Waals surface area contributed by atoms with Crippen molar-refractivity contribution in [3.05, 3.63) is 29.8 Å². The summed E-state index contributed by atoms with van der Waals surface area (Å²) >= 11 is 0. The van der Waals surface area contributed by atoms with E-state index in [4.69, 9.17) is 5.11 Å². The number of carboxylic acid groups (broad SMARTS) is 1. The molecule has 0 saturated carbocycles. The lowest BCUT2D eigenvalue weighted by molar-refractivity contribution is -0.141. The summed E-state index contributed by atoms with van der Waals surface area (Å²) in [5.74, 6) is -1.34. The predicted octanol–water partition coefficient (Wildman–Crippen LogP) is 0.437. The van der Waals surface area contributed by atoms with Crippen molar-refractivity contribution >= 4 is 27.7 Å². The molecule has 1 fully saturated rings. The monoisotopic (exact) mass is 365 g/mol. The zero-order valence-corrected chi connectivity index (χ0v) is 14.5. The van der Waals surface area contributed by atoms with E-state index in [1.807, 2.05) is 0 Å². The summed E-state index contributed by atoms with van der Waals surface area (Å²) < 4.78 is 26.5. The van der Waals surface area contributed by atoms with Gasteiger partial charge in [0.2, 0.25) is 5.91 Å². The summed E-state index contributed by atoms with van der Waals surface area (Å²) in [6.07, 6.45) is 0.552. The van der Waals surface area contributed by atoms with Gasteiger partial charge in [0.05, 0.1) is 16.9 Å². The summed E-state index contributed by atoms with van der Waals surface area (Å²) in [4.78, 5) is 29.3. The largest absolute Gasteiger partial charge is 0.481 e. The molecule has 2 aliphatic heterocycles. The van der Waals surface area contributed by atoms with Crippen LogP contribution in [0.2, 0.25) is 0 Å². The van der Waals surface area contributed by atoms with Crippen LogP contribution in [0.1, 0.15) is 25.3 Å². The van der Waals surface area contributed by atoms with Crippen LogP contribution in [0.25, 0.3) is 0 Å². The van der Waals surface area contributed by atoms with Crippen molar-refractivity contribution in [3.63, 3.8) is 0 Å². The first-order valence-corrected chi connectivity index (χ1v) is 9.47. The van der Waals surface area contributed by atoms with Gasteiger partial charge in [-0.15, -0.1) is 0 Å². The Hall–Kier alpha value is -2.42. The zero-order chi connectivity index (χ0) is 18.2. The van der Waals surface area contributed by atoms with Gasteiger partial charge in [-0.25, -0.2) is 8.42 Å². The van der Waals surface area contributed by atoms with E-state index in [0.717, 1.165) is 0 Å². The molecule has 1 amide bonds. The fraction of sp³-hybridized carbons (Fsp3) is 0.438. The van der Waals surface area contributed by atoms with Crippen LogP contribution in [0, 0.1) is 5.92 Å². The first kappa shape index (κ1) is 17.4. The van der Waals surface area contributed by atoms with E-state index in [-0.39, 0.29) is 29.6 Å². The predicted molar refractivity (Wildman–Crippen MR) is 89.7 cm³/mol. The number of nitrogens with one attached hydrogen (secondary N) is 1. The van der Waals surface area contributed by atoms with Crippen LogP contribution in [0.3, 0.4) is 0 Å². The molecule has 1 aromatic carbocycles. The Morgan fingerprint density at radius 3 is 2.80 bits per heavy atom. The van der Waals surface area contributed by atoms with E-state index in [9.17, 15) is 18.0 Å². The third-order valence-corrected chi connectivity index (χ3v) is 5.77. The normalized spacial score (nSPS) is 24.0. The number of hydrogen-bond acceptors (Lipinski definition) is 5. The topological polar surface area (TPSA) is 116 Å². The molecule has 3 rings (SSSR count). The summed E-state index contributed by atoms with van der Waals surface area (Å²) in [7, 11) is -3.60. The van der Waals surface area contributed by atoms with Crippen LogP contribution in [-0.4, -0.2) is 55.3 Å². The zero-order valence-electron chi connectivity index (χ0n) is 13.7. The highest BCUT2D eigenvalue weighted by Gasteiger charge is 2.33. The molecule has 2 heterocycles. The molecule has 8 nitrogen and oxygen atoms in total. The molecule has 134 valence electrons. The van der Waals surface area contributed by atoms with Crippen LogP contribution in [0.4, 0.5) is 0 Å². The molecule has 0 aliphatic carbocycles. The van der Waals surface area contributed by atoms with E-state index >= 15 is 0 Å². The van der Waals surface area contributed by atoms with E-state index in [2.05, 4.69) is 9.71 Å². The second-order valence-corrected chi connectivity index (χ2v) is 7.95. The molecule has 0 spiro atoms. The Kier molecular flexibility index (Phi) is 4.51. The fourth-order valence-electron chi connectivity index (χ4n) is 3.07. The number of likely N-dealkylation sites (tertiary alicyclic amines) is 1. The number of nitrogens with zero attached hydrogens (tertiary/aromatic N) is 2. The lowest BCUT2D eigenvalue weighted by Crippen LogP contribution is -2.32. The van der Waals surface area contributed by atoms with Gasteiger partial charge in [0.25, 0.3) is 10.0 Å². The van der Waals surface area contributed by atoms with Gasteiger partial charge >= 0.3 is 5.97 Å². The van der Waals surface area contributed by atoms with Crippen molar-refractivity contribution < 1.29 is 23.1 Å². The third kappa shape index (κ3) is 3.51. The Bertz CT molecular complexity index is 849. The van der Waals surface area contributed by atoms with Crippen LogP contribution in [0.15, 0.2) is 34.2 Å². The first-order valence-electron chi connectivity index (χ1n) is 7.98. The van der Waals surface area contributed by atoms with Crippen molar-refractivity contribution in [1.82, 2.24) is 9.62 Å². The molecular weight excluding hydrogens is 346 g/mol. The van der Waals surface area contributed by atoms with Crippen LogP contribution >= 0.6 is 0 Å². The summed E-state index contributed by atoms with van der Waals surface area (Å²) in [6.45, 7) is 2.37. The SMILES string of the molecule is CC(CC(=O)N1CCC(C(=O)O)C1)N=C1NS(=O)(=O)c2ccccc21. The Balaban J connectivity index is 1.69. The van der Waals surface area contributed by atoms with Crippen molar-refractivity contribution in [3.8, 4) is 0 Å². The van der Waals surface area contributed by atoms with Crippen molar-refractivity contribution in [1.29, 1.82) is 0 Å². The molecule has 0 aromatic heterocycles. The fourth-order valence-corrected chi connectivity index (χ4v) is 4.31. The maximum absolute atomic E-state index is 12.3. The van der Waals surface area contributed by atoms with E-state index in [1.165, 1.54) is 11.0 Å². The minimum absolute atomic E-state index is 0.0970. The average molecular weight is 365 g/mol. The second kappa shape index (κ2) is 6.47. The molecule has 25 heavy (non-hydrogen) atoms. The number of amides is 1. The summed E-state index contributed by atoms with van der Waals surface area (Å²) in [5.41, 5.74) is 0.494. The number of carbonyl (C=O) groups is 2. The minimum atomic E-state index is -3.60. The molecule has 1 saturated heterocycles. The summed E-state index contributed by atoms with van der Waals surface area (Å²) in [5, 5.41) is 9.00. The maximum Gasteiger partial charge on any atom is 0.308 e. The average Bonchev–Trinajstić information content (AvgIpc) is 3.12. The highest BCUT2D eigenvalue weighted by Crippen LogP contribution is 2.23. The number of rotatable bonds is 4. The number of hydrogen-bond donors (Lipinski definition) is 2. The lowest BCUT2D eigenvalue weighted by atomic mass is 10.1. The standard InChI is InChI=1S/C16H19N3O5S/c1-10(8-14(20)19-7-6-11(9-19)16(21)22)17-15-12-4-2-3-5-13(12)25(23,24)18-15/h2-5,10-11H,6-9H2,1H3,(H,17,18)(H,21,22). The van der Waals surface area contributed by atoms with Gasteiger partial charge in [-0.1, -0.05) is 12.1 Å². The Morgan fingerprint density at radius 1 is 1.40 bits per heavy atom. The van der Waals surface area contributed by atoms with Crippen LogP contribution in [0.5, 0.6) is 0 Å². The van der Waals surface area contributed by atoms with Crippen LogP contribution < -0.4 is 4.72 Å². The number of aliphatic carboxylic acids is 1. The van der Waals surface area contributed by atoms with Crippen molar-refractivity contribution in [2.24, 2.45) is 10.9 Å². The number of benzene rings is 1. The number of amidine groups is 1. The molecule has 2 atom stereocenters. The minimum Gasteiger partial charge on any atom is -0.481 e. The van der Waals surface area contributed by atoms with Crippen LogP contribution in [-0.2, 0) is 19.6 Å². The van der Waals surface area contributed by atoms with Crippen molar-refractivity contribution in [2.45, 2.75) is 30.7 Å². The second-order valence-electron chi connectivity index (χ2n) is 6.30. The van der Waals surface area contributed by atoms with Gasteiger partial charge in [0.1, 0.15) is 5.84 Å². The van der Waals surface area contributed by atoms with Gasteiger partial charge in [-0.2, -0.15) is 0 Å².